The first kappa shape index (κ1) is 32.9. The summed E-state index contributed by atoms with van der Waals surface area (Å²) in [5, 5.41) is 11.5. The lowest BCUT2D eigenvalue weighted by atomic mass is 9.74. The summed E-state index contributed by atoms with van der Waals surface area (Å²) in [6.07, 6.45) is 3.26. The Balaban J connectivity index is 1.71. The molecular weight excluding hydrogens is 550 g/mol. The minimum absolute atomic E-state index is 0.0565. The molecule has 4 rings (SSSR count). The Labute approximate surface area is 258 Å². The van der Waals surface area contributed by atoms with Gasteiger partial charge in [-0.3, -0.25) is 9.69 Å². The minimum atomic E-state index is -1.10. The highest BCUT2D eigenvalue weighted by molar-refractivity contribution is 6.30. The van der Waals surface area contributed by atoms with Crippen molar-refractivity contribution in [2.24, 2.45) is 16.7 Å². The number of amides is 3. The maximum absolute atomic E-state index is 14.8. The quantitative estimate of drug-likeness (QED) is 0.369. The zero-order valence-corrected chi connectivity index (χ0v) is 28.0. The van der Waals surface area contributed by atoms with Crippen molar-refractivity contribution in [2.75, 3.05) is 19.6 Å². The molecule has 0 bridgehead atoms. The van der Waals surface area contributed by atoms with Crippen LogP contribution in [0.15, 0.2) is 24.3 Å². The number of likely N-dealkylation sites (tertiary alicyclic amines) is 2. The van der Waals surface area contributed by atoms with E-state index in [0.717, 1.165) is 31.2 Å². The fourth-order valence-corrected chi connectivity index (χ4v) is 7.78. The van der Waals surface area contributed by atoms with Crippen molar-refractivity contribution in [2.45, 2.75) is 124 Å². The van der Waals surface area contributed by atoms with Crippen molar-refractivity contribution in [1.82, 2.24) is 9.80 Å². The van der Waals surface area contributed by atoms with E-state index in [0.29, 0.717) is 24.5 Å². The standard InChI is InChI=1S/C34H52ClN3O4/c1-22-18-26(37(30(40)32(2,3)4)25-14-16-34(8,9)17-15-25)21-38(22,31(41)42)29(39)28-20-36(33(5,6)7)19-27(28)23-10-12-24(35)13-11-23/h10-13,22,25-28H,14-21H2,1-9H3/p+1/t22?,26-,27-,28+,38?/m0/s1. The van der Waals surface area contributed by atoms with E-state index in [-0.39, 0.29) is 47.3 Å². The second-order valence-corrected chi connectivity index (χ2v) is 16.5. The van der Waals surface area contributed by atoms with E-state index in [1.54, 1.807) is 0 Å². The molecule has 8 heteroatoms. The number of nitrogens with zero attached hydrogens (tertiary/aromatic N) is 3. The Hall–Kier alpha value is -1.96. The highest BCUT2D eigenvalue weighted by atomic mass is 35.5. The topological polar surface area (TPSA) is 77.9 Å². The van der Waals surface area contributed by atoms with Crippen LogP contribution >= 0.6 is 11.6 Å². The maximum Gasteiger partial charge on any atom is 0.521 e. The summed E-state index contributed by atoms with van der Waals surface area (Å²) in [7, 11) is 0. The molecule has 42 heavy (non-hydrogen) atoms. The van der Waals surface area contributed by atoms with E-state index < -0.39 is 28.0 Å². The van der Waals surface area contributed by atoms with Crippen LogP contribution in [0.25, 0.3) is 0 Å². The van der Waals surface area contributed by atoms with Gasteiger partial charge in [-0.1, -0.05) is 58.4 Å². The van der Waals surface area contributed by atoms with Crippen LogP contribution in [-0.2, 0) is 9.59 Å². The molecule has 1 aromatic rings. The lowest BCUT2D eigenvalue weighted by molar-refractivity contribution is -0.795. The molecule has 1 N–H and O–H groups in total. The lowest BCUT2D eigenvalue weighted by Crippen LogP contribution is -2.63. The Kier molecular flexibility index (Phi) is 9.03. The second kappa shape index (κ2) is 11.5. The Morgan fingerprint density at radius 2 is 1.55 bits per heavy atom. The minimum Gasteiger partial charge on any atom is -0.435 e. The van der Waals surface area contributed by atoms with Crippen LogP contribution in [0, 0.1) is 16.7 Å². The molecule has 0 aromatic heterocycles. The van der Waals surface area contributed by atoms with Gasteiger partial charge in [0, 0.05) is 47.4 Å². The molecule has 2 heterocycles. The van der Waals surface area contributed by atoms with Gasteiger partial charge in [0.25, 0.3) is 0 Å². The van der Waals surface area contributed by atoms with Crippen molar-refractivity contribution >= 4 is 29.5 Å². The van der Waals surface area contributed by atoms with Gasteiger partial charge in [-0.2, -0.15) is 9.28 Å². The predicted octanol–water partition coefficient (Wildman–Crippen LogP) is 7.18. The number of carboxylic acid groups (broad SMARTS) is 1. The molecule has 234 valence electrons. The van der Waals surface area contributed by atoms with Crippen molar-refractivity contribution in [1.29, 1.82) is 0 Å². The van der Waals surface area contributed by atoms with Crippen molar-refractivity contribution in [3.8, 4) is 0 Å². The molecule has 1 aromatic carbocycles. The summed E-state index contributed by atoms with van der Waals surface area (Å²) in [4.78, 5) is 46.4. The maximum atomic E-state index is 14.8. The summed E-state index contributed by atoms with van der Waals surface area (Å²) in [5.41, 5.74) is 0.480. The molecule has 1 saturated carbocycles. The van der Waals surface area contributed by atoms with Crippen LogP contribution in [0.3, 0.4) is 0 Å². The highest BCUT2D eigenvalue weighted by Gasteiger charge is 2.62. The first-order chi connectivity index (χ1) is 19.3. The van der Waals surface area contributed by atoms with Crippen LogP contribution in [-0.4, -0.2) is 80.6 Å². The van der Waals surface area contributed by atoms with Gasteiger partial charge in [-0.15, -0.1) is 0 Å². The predicted molar refractivity (Wildman–Crippen MR) is 167 cm³/mol. The average Bonchev–Trinajstić information content (AvgIpc) is 3.47. The summed E-state index contributed by atoms with van der Waals surface area (Å²) >= 11 is 6.20. The molecule has 3 fully saturated rings. The number of benzene rings is 1. The monoisotopic (exact) mass is 602 g/mol. The van der Waals surface area contributed by atoms with Crippen LogP contribution < -0.4 is 0 Å². The molecule has 2 saturated heterocycles. The van der Waals surface area contributed by atoms with E-state index in [1.807, 2.05) is 56.9 Å². The van der Waals surface area contributed by atoms with E-state index >= 15 is 0 Å². The van der Waals surface area contributed by atoms with Gasteiger partial charge in [0.05, 0.1) is 12.0 Å². The average molecular weight is 603 g/mol. The number of hydrogen-bond donors (Lipinski definition) is 1. The van der Waals surface area contributed by atoms with Crippen molar-refractivity contribution in [3.05, 3.63) is 34.9 Å². The molecular formula is C34H53ClN3O4+. The first-order valence-electron chi connectivity index (χ1n) is 15.8. The Bertz CT molecular complexity index is 1170. The Morgan fingerprint density at radius 3 is 2.05 bits per heavy atom. The van der Waals surface area contributed by atoms with Crippen LogP contribution in [0.1, 0.15) is 106 Å². The van der Waals surface area contributed by atoms with Crippen LogP contribution in [0.5, 0.6) is 0 Å². The molecule has 5 atom stereocenters. The van der Waals surface area contributed by atoms with Gasteiger partial charge in [0.2, 0.25) is 5.91 Å². The lowest BCUT2D eigenvalue weighted by Gasteiger charge is -2.44. The first-order valence-corrected chi connectivity index (χ1v) is 16.1. The number of quaternary nitrogens is 1. The number of carbonyl (C=O) groups is 3. The summed E-state index contributed by atoms with van der Waals surface area (Å²) in [6, 6.07) is 6.95. The van der Waals surface area contributed by atoms with E-state index in [9.17, 15) is 19.5 Å². The number of rotatable bonds is 4. The highest BCUT2D eigenvalue weighted by Crippen LogP contribution is 2.44. The largest absolute Gasteiger partial charge is 0.521 e. The molecule has 7 nitrogen and oxygen atoms in total. The third-order valence-corrected chi connectivity index (χ3v) is 10.7. The van der Waals surface area contributed by atoms with E-state index in [1.165, 1.54) is 0 Å². The van der Waals surface area contributed by atoms with Gasteiger partial charge in [0.15, 0.2) is 0 Å². The zero-order chi connectivity index (χ0) is 31.4. The summed E-state index contributed by atoms with van der Waals surface area (Å²) < 4.78 is -0.621. The van der Waals surface area contributed by atoms with Gasteiger partial charge in [-0.25, -0.2) is 4.79 Å². The van der Waals surface area contributed by atoms with E-state index in [4.69, 9.17) is 11.6 Å². The normalized spacial score (nSPS) is 30.8. The van der Waals surface area contributed by atoms with Crippen LogP contribution in [0.4, 0.5) is 4.79 Å². The SMILES string of the molecule is CC1C[C@H](N(C(=O)C(C)(C)C)C2CCC(C)(C)CC2)C[N+]1(C(=O)O)C(=O)[C@@H]1CN(C(C)(C)C)C[C@H]1c1ccc(Cl)cc1. The van der Waals surface area contributed by atoms with Crippen molar-refractivity contribution in [3.63, 3.8) is 0 Å². The van der Waals surface area contributed by atoms with Gasteiger partial charge in [-0.05, 0) is 76.5 Å². The molecule has 0 radical (unpaired) electrons. The number of carbonyl (C=O) groups excluding carboxylic acids is 2. The number of halogens is 1. The number of hydrogen-bond acceptors (Lipinski definition) is 4. The molecule has 2 aliphatic heterocycles. The smallest absolute Gasteiger partial charge is 0.435 e. The van der Waals surface area contributed by atoms with Crippen molar-refractivity contribution < 1.29 is 24.0 Å². The Morgan fingerprint density at radius 1 is 0.976 bits per heavy atom. The van der Waals surface area contributed by atoms with E-state index in [2.05, 4.69) is 39.5 Å². The van der Waals surface area contributed by atoms with Gasteiger partial charge < -0.3 is 10.0 Å². The molecule has 2 unspecified atom stereocenters. The molecule has 3 aliphatic rings. The number of imide groups is 1. The molecule has 0 spiro atoms. The van der Waals surface area contributed by atoms with Gasteiger partial charge >= 0.3 is 12.0 Å². The zero-order valence-electron chi connectivity index (χ0n) is 27.2. The molecule has 1 aliphatic carbocycles. The third kappa shape index (κ3) is 6.30. The molecule has 3 amide bonds. The van der Waals surface area contributed by atoms with Crippen LogP contribution in [0.2, 0.25) is 5.02 Å². The summed E-state index contributed by atoms with van der Waals surface area (Å²) in [5.74, 6) is -0.800. The summed E-state index contributed by atoms with van der Waals surface area (Å²) in [6.45, 7) is 20.0. The fraction of sp³-hybridized carbons (Fsp3) is 0.735. The third-order valence-electron chi connectivity index (χ3n) is 10.5. The second-order valence-electron chi connectivity index (χ2n) is 16.1. The fourth-order valence-electron chi connectivity index (χ4n) is 7.65. The van der Waals surface area contributed by atoms with Gasteiger partial charge in [0.1, 0.15) is 12.6 Å².